The van der Waals surface area contributed by atoms with Gasteiger partial charge in [-0.2, -0.15) is 0 Å². The summed E-state index contributed by atoms with van der Waals surface area (Å²) >= 11 is 0. The highest BCUT2D eigenvalue weighted by Crippen LogP contribution is 2.20. The van der Waals surface area contributed by atoms with Crippen molar-refractivity contribution in [2.75, 3.05) is 10.0 Å². The van der Waals surface area contributed by atoms with Crippen LogP contribution >= 0.6 is 0 Å². The Kier molecular flexibility index (Phi) is 5.14. The van der Waals surface area contributed by atoms with Gasteiger partial charge in [-0.1, -0.05) is 24.3 Å². The van der Waals surface area contributed by atoms with E-state index in [2.05, 4.69) is 10.0 Å². The third-order valence-electron chi connectivity index (χ3n) is 3.92. The van der Waals surface area contributed by atoms with Gasteiger partial charge < -0.3 is 10.4 Å². The van der Waals surface area contributed by atoms with Gasteiger partial charge in [0, 0.05) is 17.3 Å². The van der Waals surface area contributed by atoms with Crippen LogP contribution in [0.3, 0.4) is 0 Å². The van der Waals surface area contributed by atoms with E-state index in [1.54, 1.807) is 24.3 Å². The van der Waals surface area contributed by atoms with Crippen LogP contribution in [0.4, 0.5) is 11.4 Å². The van der Waals surface area contributed by atoms with Crippen LogP contribution in [0.25, 0.3) is 0 Å². The number of aromatic hydroxyl groups is 1. The molecule has 3 N–H and O–H groups in total. The highest BCUT2D eigenvalue weighted by Gasteiger charge is 2.16. The van der Waals surface area contributed by atoms with Gasteiger partial charge in [-0.25, -0.2) is 8.42 Å². The van der Waals surface area contributed by atoms with Crippen molar-refractivity contribution in [2.24, 2.45) is 0 Å². The smallest absolute Gasteiger partial charge is 0.261 e. The molecular weight excluding hydrogens is 364 g/mol. The number of rotatable bonds is 5. The van der Waals surface area contributed by atoms with E-state index in [1.165, 1.54) is 36.4 Å². The van der Waals surface area contributed by atoms with Crippen molar-refractivity contribution in [1.82, 2.24) is 0 Å². The fourth-order valence-electron chi connectivity index (χ4n) is 2.46. The third kappa shape index (κ3) is 4.45. The highest BCUT2D eigenvalue weighted by molar-refractivity contribution is 7.92. The Hall–Kier alpha value is -3.32. The number of nitrogens with one attached hydrogen (secondary N) is 2. The number of sulfonamides is 1. The molecule has 7 heteroatoms. The first-order chi connectivity index (χ1) is 12.8. The van der Waals surface area contributed by atoms with Crippen molar-refractivity contribution in [3.05, 3.63) is 83.9 Å². The van der Waals surface area contributed by atoms with Crippen molar-refractivity contribution >= 4 is 27.3 Å². The normalized spacial score (nSPS) is 11.0. The monoisotopic (exact) mass is 382 g/mol. The van der Waals surface area contributed by atoms with Crippen LogP contribution in [0.5, 0.6) is 5.75 Å². The zero-order valence-corrected chi connectivity index (χ0v) is 15.3. The minimum absolute atomic E-state index is 0.0384. The Morgan fingerprint density at radius 1 is 0.926 bits per heavy atom. The number of benzene rings is 3. The predicted octanol–water partition coefficient (Wildman–Crippen LogP) is 3.75. The molecule has 27 heavy (non-hydrogen) atoms. The molecule has 3 rings (SSSR count). The van der Waals surface area contributed by atoms with E-state index in [0.717, 1.165) is 5.56 Å². The first-order valence-corrected chi connectivity index (χ1v) is 9.62. The molecule has 3 aromatic rings. The first-order valence-electron chi connectivity index (χ1n) is 8.14. The number of amides is 1. The minimum atomic E-state index is -3.76. The SMILES string of the molecule is Cc1ccccc1NS(=O)(=O)c1ccc(C(=O)Nc2cccc(O)c2)cc1. The molecule has 3 aromatic carbocycles. The molecule has 0 radical (unpaired) electrons. The molecule has 0 saturated heterocycles. The molecule has 0 spiro atoms. The lowest BCUT2D eigenvalue weighted by Crippen LogP contribution is -2.15. The maximum absolute atomic E-state index is 12.5. The van der Waals surface area contributed by atoms with Gasteiger partial charge in [0.25, 0.3) is 15.9 Å². The molecule has 0 aliphatic heterocycles. The van der Waals surface area contributed by atoms with E-state index in [0.29, 0.717) is 16.9 Å². The van der Waals surface area contributed by atoms with Crippen molar-refractivity contribution in [1.29, 1.82) is 0 Å². The molecule has 0 aliphatic rings. The average molecular weight is 382 g/mol. The van der Waals surface area contributed by atoms with Crippen molar-refractivity contribution < 1.29 is 18.3 Å². The summed E-state index contributed by atoms with van der Waals surface area (Å²) in [4.78, 5) is 12.3. The van der Waals surface area contributed by atoms with Crippen molar-refractivity contribution in [3.63, 3.8) is 0 Å². The Labute approximate surface area is 157 Å². The standard InChI is InChI=1S/C20H18N2O4S/c1-14-5-2-3-8-19(14)22-27(25,26)18-11-9-15(10-12-18)20(24)21-16-6-4-7-17(23)13-16/h2-13,22-23H,1H3,(H,21,24). The van der Waals surface area contributed by atoms with E-state index < -0.39 is 15.9 Å². The lowest BCUT2D eigenvalue weighted by atomic mass is 10.2. The largest absolute Gasteiger partial charge is 0.508 e. The van der Waals surface area contributed by atoms with Gasteiger partial charge in [0.1, 0.15) is 5.75 Å². The van der Waals surface area contributed by atoms with Gasteiger partial charge in [-0.05, 0) is 55.0 Å². The number of hydrogen-bond acceptors (Lipinski definition) is 4. The second-order valence-corrected chi connectivity index (χ2v) is 7.63. The number of phenolic OH excluding ortho intramolecular Hbond substituents is 1. The lowest BCUT2D eigenvalue weighted by molar-refractivity contribution is 0.102. The van der Waals surface area contributed by atoms with Gasteiger partial charge in [-0.15, -0.1) is 0 Å². The molecule has 0 aliphatic carbocycles. The van der Waals surface area contributed by atoms with Crippen LogP contribution in [0.2, 0.25) is 0 Å². The van der Waals surface area contributed by atoms with Crippen LogP contribution in [0.1, 0.15) is 15.9 Å². The maximum atomic E-state index is 12.5. The van der Waals surface area contributed by atoms with Gasteiger partial charge in [0.05, 0.1) is 10.6 Å². The fourth-order valence-corrected chi connectivity index (χ4v) is 3.59. The summed E-state index contributed by atoms with van der Waals surface area (Å²) < 4.78 is 27.6. The quantitative estimate of drug-likeness (QED) is 0.626. The minimum Gasteiger partial charge on any atom is -0.508 e. The number of para-hydroxylation sites is 1. The summed E-state index contributed by atoms with van der Waals surface area (Å²) in [6.45, 7) is 1.81. The van der Waals surface area contributed by atoms with E-state index >= 15 is 0 Å². The number of phenols is 1. The van der Waals surface area contributed by atoms with Gasteiger partial charge >= 0.3 is 0 Å². The first kappa shape index (κ1) is 18.5. The molecular formula is C20H18N2O4S. The number of carbonyl (C=O) groups is 1. The Morgan fingerprint density at radius 2 is 1.63 bits per heavy atom. The molecule has 138 valence electrons. The maximum Gasteiger partial charge on any atom is 0.261 e. The molecule has 0 atom stereocenters. The number of carbonyl (C=O) groups excluding carboxylic acids is 1. The van der Waals surface area contributed by atoms with E-state index in [1.807, 2.05) is 19.1 Å². The molecule has 0 unspecified atom stereocenters. The highest BCUT2D eigenvalue weighted by atomic mass is 32.2. The zero-order valence-electron chi connectivity index (χ0n) is 14.5. The molecule has 0 bridgehead atoms. The summed E-state index contributed by atoms with van der Waals surface area (Å²) in [6.07, 6.45) is 0. The predicted molar refractivity (Wildman–Crippen MR) is 104 cm³/mol. The second-order valence-electron chi connectivity index (χ2n) is 5.95. The van der Waals surface area contributed by atoms with Gasteiger partial charge in [0.2, 0.25) is 0 Å². The van der Waals surface area contributed by atoms with Gasteiger partial charge in [0.15, 0.2) is 0 Å². The Morgan fingerprint density at radius 3 is 2.30 bits per heavy atom. The zero-order chi connectivity index (χ0) is 19.4. The fraction of sp³-hybridized carbons (Fsp3) is 0.0500. The van der Waals surface area contributed by atoms with Gasteiger partial charge in [-0.3, -0.25) is 9.52 Å². The van der Waals surface area contributed by atoms with Crippen LogP contribution in [0, 0.1) is 6.92 Å². The van der Waals surface area contributed by atoms with E-state index in [4.69, 9.17) is 0 Å². The second kappa shape index (κ2) is 7.51. The molecule has 6 nitrogen and oxygen atoms in total. The number of aryl methyl sites for hydroxylation is 1. The van der Waals surface area contributed by atoms with Crippen molar-refractivity contribution in [2.45, 2.75) is 11.8 Å². The van der Waals surface area contributed by atoms with Crippen LogP contribution < -0.4 is 10.0 Å². The average Bonchev–Trinajstić information content (AvgIpc) is 2.64. The van der Waals surface area contributed by atoms with Crippen LogP contribution in [-0.2, 0) is 10.0 Å². The molecule has 0 aromatic heterocycles. The van der Waals surface area contributed by atoms with Crippen LogP contribution in [0.15, 0.2) is 77.7 Å². The summed E-state index contributed by atoms with van der Waals surface area (Å²) in [5.74, 6) is -0.368. The van der Waals surface area contributed by atoms with Crippen LogP contribution in [-0.4, -0.2) is 19.4 Å². The Balaban J connectivity index is 1.76. The van der Waals surface area contributed by atoms with E-state index in [-0.39, 0.29) is 10.6 Å². The molecule has 0 fully saturated rings. The third-order valence-corrected chi connectivity index (χ3v) is 5.30. The molecule has 0 saturated carbocycles. The molecule has 0 heterocycles. The summed E-state index contributed by atoms with van der Waals surface area (Å²) in [6, 6.07) is 18.9. The number of hydrogen-bond donors (Lipinski definition) is 3. The summed E-state index contributed by atoms with van der Waals surface area (Å²) in [5, 5.41) is 12.1. The van der Waals surface area contributed by atoms with E-state index in [9.17, 15) is 18.3 Å². The summed E-state index contributed by atoms with van der Waals surface area (Å²) in [7, 11) is -3.76. The topological polar surface area (TPSA) is 95.5 Å². The molecule has 1 amide bonds. The summed E-state index contributed by atoms with van der Waals surface area (Å²) in [5.41, 5.74) is 2.05. The Bertz CT molecular complexity index is 1080. The number of anilines is 2. The van der Waals surface area contributed by atoms with Crippen molar-refractivity contribution in [3.8, 4) is 5.75 Å². The lowest BCUT2D eigenvalue weighted by Gasteiger charge is -2.11.